The lowest BCUT2D eigenvalue weighted by atomic mass is 9.62. The van der Waals surface area contributed by atoms with Gasteiger partial charge in [0.05, 0.1) is 0 Å². The van der Waals surface area contributed by atoms with Crippen LogP contribution in [0.1, 0.15) is 46.5 Å². The number of fused-ring (bicyclic) bond motifs is 1. The Hall–Kier alpha value is -0.520. The smallest absolute Gasteiger partial charge is 0.0134 e. The fourth-order valence-corrected chi connectivity index (χ4v) is 3.51. The number of hydrogen-bond acceptors (Lipinski definition) is 0. The Bertz CT molecular complexity index is 282. The molecular formula is C15H24. The van der Waals surface area contributed by atoms with E-state index >= 15 is 0 Å². The van der Waals surface area contributed by atoms with Crippen LogP contribution in [0.15, 0.2) is 23.8 Å². The van der Waals surface area contributed by atoms with Crippen LogP contribution in [0.3, 0.4) is 0 Å². The number of rotatable bonds is 1. The second kappa shape index (κ2) is 4.15. The molecule has 0 heterocycles. The van der Waals surface area contributed by atoms with E-state index in [0.29, 0.717) is 0 Å². The third-order valence-electron chi connectivity index (χ3n) is 4.47. The molecule has 0 spiro atoms. The third kappa shape index (κ3) is 2.04. The van der Waals surface area contributed by atoms with E-state index in [0.717, 1.165) is 23.7 Å². The highest BCUT2D eigenvalue weighted by atomic mass is 14.4. The largest absolute Gasteiger partial charge is 0.0996 e. The molecule has 2 aliphatic rings. The summed E-state index contributed by atoms with van der Waals surface area (Å²) in [6.45, 7) is 11.3. The SMILES string of the molecule is C=C1CC[C@H](C(C)C)C2C=C(C)CCC12. The van der Waals surface area contributed by atoms with Crippen LogP contribution in [-0.4, -0.2) is 0 Å². The van der Waals surface area contributed by atoms with Crippen molar-refractivity contribution in [2.75, 3.05) is 0 Å². The second-order valence-electron chi connectivity index (χ2n) is 5.84. The van der Waals surface area contributed by atoms with E-state index in [1.807, 2.05) is 0 Å². The molecule has 0 aromatic rings. The standard InChI is InChI=1S/C15H24/c1-10(2)13-8-6-12(4)14-7-5-11(3)9-15(13)14/h9-10,13-15H,4-8H2,1-3H3/t13-,14?,15?/m1/s1. The number of allylic oxidation sites excluding steroid dienone is 3. The quantitative estimate of drug-likeness (QED) is 0.548. The van der Waals surface area contributed by atoms with Crippen molar-refractivity contribution in [2.24, 2.45) is 23.7 Å². The fraction of sp³-hybridized carbons (Fsp3) is 0.733. The summed E-state index contributed by atoms with van der Waals surface area (Å²) >= 11 is 0. The molecule has 2 unspecified atom stereocenters. The normalized spacial score (nSPS) is 36.4. The molecule has 0 radical (unpaired) electrons. The molecule has 84 valence electrons. The molecular weight excluding hydrogens is 180 g/mol. The molecule has 0 heteroatoms. The summed E-state index contributed by atoms with van der Waals surface area (Å²) in [6, 6.07) is 0. The summed E-state index contributed by atoms with van der Waals surface area (Å²) in [5.41, 5.74) is 3.14. The topological polar surface area (TPSA) is 0 Å². The van der Waals surface area contributed by atoms with Crippen LogP contribution in [0.4, 0.5) is 0 Å². The van der Waals surface area contributed by atoms with Gasteiger partial charge in [-0.25, -0.2) is 0 Å². The van der Waals surface area contributed by atoms with E-state index in [2.05, 4.69) is 33.4 Å². The maximum Gasteiger partial charge on any atom is -0.0134 e. The summed E-state index contributed by atoms with van der Waals surface area (Å²) in [7, 11) is 0. The molecule has 0 N–H and O–H groups in total. The van der Waals surface area contributed by atoms with Crippen molar-refractivity contribution >= 4 is 0 Å². The summed E-state index contributed by atoms with van der Waals surface area (Å²) in [4.78, 5) is 0. The Balaban J connectivity index is 2.24. The molecule has 1 fully saturated rings. The van der Waals surface area contributed by atoms with E-state index in [4.69, 9.17) is 0 Å². The Morgan fingerprint density at radius 2 is 2.00 bits per heavy atom. The average Bonchev–Trinajstić information content (AvgIpc) is 2.17. The highest BCUT2D eigenvalue weighted by Gasteiger charge is 2.36. The van der Waals surface area contributed by atoms with Gasteiger partial charge in [-0.15, -0.1) is 0 Å². The monoisotopic (exact) mass is 204 g/mol. The van der Waals surface area contributed by atoms with Crippen molar-refractivity contribution in [3.05, 3.63) is 23.8 Å². The van der Waals surface area contributed by atoms with Gasteiger partial charge in [0.25, 0.3) is 0 Å². The van der Waals surface area contributed by atoms with Gasteiger partial charge in [-0.05, 0) is 56.3 Å². The lowest BCUT2D eigenvalue weighted by Crippen LogP contribution is -2.33. The van der Waals surface area contributed by atoms with Gasteiger partial charge in [0.15, 0.2) is 0 Å². The first kappa shape index (κ1) is 11.0. The minimum absolute atomic E-state index is 0.801. The molecule has 0 aromatic carbocycles. The van der Waals surface area contributed by atoms with Gasteiger partial charge in [0.2, 0.25) is 0 Å². The van der Waals surface area contributed by atoms with Crippen LogP contribution >= 0.6 is 0 Å². The van der Waals surface area contributed by atoms with Crippen LogP contribution in [-0.2, 0) is 0 Å². The summed E-state index contributed by atoms with van der Waals surface area (Å²) < 4.78 is 0. The van der Waals surface area contributed by atoms with Gasteiger partial charge in [-0.1, -0.05) is 37.6 Å². The van der Waals surface area contributed by atoms with Gasteiger partial charge in [-0.3, -0.25) is 0 Å². The first-order valence-corrected chi connectivity index (χ1v) is 6.44. The molecule has 15 heavy (non-hydrogen) atoms. The van der Waals surface area contributed by atoms with Crippen molar-refractivity contribution < 1.29 is 0 Å². The molecule has 2 aliphatic carbocycles. The summed E-state index contributed by atoms with van der Waals surface area (Å²) in [6.07, 6.45) is 7.85. The molecule has 0 saturated heterocycles. The second-order valence-corrected chi connectivity index (χ2v) is 5.84. The van der Waals surface area contributed by atoms with E-state index in [1.54, 1.807) is 5.57 Å². The van der Waals surface area contributed by atoms with Crippen molar-refractivity contribution in [3.8, 4) is 0 Å². The minimum atomic E-state index is 0.801. The maximum absolute atomic E-state index is 4.29. The zero-order valence-electron chi connectivity index (χ0n) is 10.4. The van der Waals surface area contributed by atoms with Gasteiger partial charge < -0.3 is 0 Å². The highest BCUT2D eigenvalue weighted by Crippen LogP contribution is 2.47. The van der Waals surface area contributed by atoms with Gasteiger partial charge in [0, 0.05) is 0 Å². The maximum atomic E-state index is 4.29. The molecule has 0 aromatic heterocycles. The number of hydrogen-bond donors (Lipinski definition) is 0. The Labute approximate surface area is 94.5 Å². The molecule has 2 rings (SSSR count). The Morgan fingerprint density at radius 3 is 2.67 bits per heavy atom. The van der Waals surface area contributed by atoms with Crippen LogP contribution < -0.4 is 0 Å². The van der Waals surface area contributed by atoms with Crippen molar-refractivity contribution in [1.29, 1.82) is 0 Å². The molecule has 0 aliphatic heterocycles. The molecule has 3 atom stereocenters. The first-order chi connectivity index (χ1) is 7.09. The first-order valence-electron chi connectivity index (χ1n) is 6.44. The third-order valence-corrected chi connectivity index (χ3v) is 4.47. The average molecular weight is 204 g/mol. The predicted molar refractivity (Wildman–Crippen MR) is 66.7 cm³/mol. The lowest BCUT2D eigenvalue weighted by molar-refractivity contribution is 0.179. The molecule has 0 bridgehead atoms. The lowest BCUT2D eigenvalue weighted by Gasteiger charge is -2.43. The van der Waals surface area contributed by atoms with Gasteiger partial charge >= 0.3 is 0 Å². The summed E-state index contributed by atoms with van der Waals surface area (Å²) in [5.74, 6) is 3.33. The minimum Gasteiger partial charge on any atom is -0.0996 e. The van der Waals surface area contributed by atoms with Crippen molar-refractivity contribution in [2.45, 2.75) is 46.5 Å². The highest BCUT2D eigenvalue weighted by molar-refractivity contribution is 5.19. The van der Waals surface area contributed by atoms with Gasteiger partial charge in [0.1, 0.15) is 0 Å². The molecule has 0 nitrogen and oxygen atoms in total. The van der Waals surface area contributed by atoms with E-state index in [-0.39, 0.29) is 0 Å². The van der Waals surface area contributed by atoms with E-state index < -0.39 is 0 Å². The van der Waals surface area contributed by atoms with Crippen LogP contribution in [0.5, 0.6) is 0 Å². The predicted octanol–water partition coefficient (Wildman–Crippen LogP) is 4.58. The summed E-state index contributed by atoms with van der Waals surface area (Å²) in [5, 5.41) is 0. The zero-order chi connectivity index (χ0) is 11.0. The van der Waals surface area contributed by atoms with Gasteiger partial charge in [-0.2, -0.15) is 0 Å². The Morgan fingerprint density at radius 1 is 1.27 bits per heavy atom. The van der Waals surface area contributed by atoms with E-state index in [9.17, 15) is 0 Å². The zero-order valence-corrected chi connectivity index (χ0v) is 10.4. The van der Waals surface area contributed by atoms with E-state index in [1.165, 1.54) is 31.3 Å². The fourth-order valence-electron chi connectivity index (χ4n) is 3.51. The molecule has 0 amide bonds. The van der Waals surface area contributed by atoms with Crippen LogP contribution in [0, 0.1) is 23.7 Å². The molecule has 1 saturated carbocycles. The van der Waals surface area contributed by atoms with Crippen LogP contribution in [0.25, 0.3) is 0 Å². The van der Waals surface area contributed by atoms with Crippen LogP contribution in [0.2, 0.25) is 0 Å². The van der Waals surface area contributed by atoms with Crippen molar-refractivity contribution in [1.82, 2.24) is 0 Å². The van der Waals surface area contributed by atoms with Crippen molar-refractivity contribution in [3.63, 3.8) is 0 Å². The Kier molecular flexibility index (Phi) is 3.04.